The summed E-state index contributed by atoms with van der Waals surface area (Å²) >= 11 is 0. The molecule has 0 amide bonds. The van der Waals surface area contributed by atoms with Crippen LogP contribution in [0.3, 0.4) is 0 Å². The van der Waals surface area contributed by atoms with Crippen LogP contribution in [0.1, 0.15) is 21.7 Å². The van der Waals surface area contributed by atoms with Crippen molar-refractivity contribution in [1.82, 2.24) is 10.2 Å². The SMILES string of the molecule is COc1cc(CCc2cc(C(=O)O)n[nH]2)cc(OC)c1. The van der Waals surface area contributed by atoms with E-state index < -0.39 is 5.97 Å². The number of aryl methyl sites for hydroxylation is 2. The van der Waals surface area contributed by atoms with Gasteiger partial charge in [-0.05, 0) is 36.6 Å². The summed E-state index contributed by atoms with van der Waals surface area (Å²) in [5, 5.41) is 15.2. The second-order valence-electron chi connectivity index (χ2n) is 4.30. The number of carboxylic acid groups (broad SMARTS) is 1. The van der Waals surface area contributed by atoms with Gasteiger partial charge in [0.25, 0.3) is 0 Å². The molecular weight excluding hydrogens is 260 g/mol. The van der Waals surface area contributed by atoms with Crippen LogP contribution < -0.4 is 9.47 Å². The third-order valence-corrected chi connectivity index (χ3v) is 2.94. The molecule has 0 atom stereocenters. The summed E-state index contributed by atoms with van der Waals surface area (Å²) in [6.07, 6.45) is 1.39. The van der Waals surface area contributed by atoms with Gasteiger partial charge >= 0.3 is 5.97 Å². The molecule has 20 heavy (non-hydrogen) atoms. The number of rotatable bonds is 6. The summed E-state index contributed by atoms with van der Waals surface area (Å²) in [4.78, 5) is 10.7. The second kappa shape index (κ2) is 6.10. The van der Waals surface area contributed by atoms with Crippen molar-refractivity contribution in [3.8, 4) is 11.5 Å². The average molecular weight is 276 g/mol. The molecule has 0 saturated heterocycles. The van der Waals surface area contributed by atoms with Crippen molar-refractivity contribution >= 4 is 5.97 Å². The molecule has 2 N–H and O–H groups in total. The minimum atomic E-state index is -1.03. The van der Waals surface area contributed by atoms with E-state index in [0.29, 0.717) is 6.42 Å². The maximum Gasteiger partial charge on any atom is 0.356 e. The summed E-state index contributed by atoms with van der Waals surface area (Å²) < 4.78 is 10.4. The fraction of sp³-hybridized carbons (Fsp3) is 0.286. The van der Waals surface area contributed by atoms with E-state index in [1.54, 1.807) is 20.3 Å². The first kappa shape index (κ1) is 13.9. The number of benzene rings is 1. The Morgan fingerprint density at radius 3 is 2.30 bits per heavy atom. The summed E-state index contributed by atoms with van der Waals surface area (Å²) in [6.45, 7) is 0. The Labute approximate surface area is 116 Å². The fourth-order valence-electron chi connectivity index (χ4n) is 1.89. The Morgan fingerprint density at radius 1 is 1.15 bits per heavy atom. The largest absolute Gasteiger partial charge is 0.497 e. The van der Waals surface area contributed by atoms with Crippen molar-refractivity contribution < 1.29 is 19.4 Å². The molecule has 0 saturated carbocycles. The number of nitrogens with zero attached hydrogens (tertiary/aromatic N) is 1. The van der Waals surface area contributed by atoms with E-state index in [1.807, 2.05) is 18.2 Å². The summed E-state index contributed by atoms with van der Waals surface area (Å²) in [7, 11) is 3.21. The van der Waals surface area contributed by atoms with E-state index in [4.69, 9.17) is 14.6 Å². The minimum Gasteiger partial charge on any atom is -0.497 e. The van der Waals surface area contributed by atoms with Crippen LogP contribution >= 0.6 is 0 Å². The molecule has 0 aliphatic carbocycles. The highest BCUT2D eigenvalue weighted by molar-refractivity contribution is 5.85. The van der Waals surface area contributed by atoms with Gasteiger partial charge in [-0.25, -0.2) is 4.79 Å². The maximum atomic E-state index is 10.7. The minimum absolute atomic E-state index is 0.0308. The summed E-state index contributed by atoms with van der Waals surface area (Å²) in [5.41, 5.74) is 1.86. The van der Waals surface area contributed by atoms with Gasteiger partial charge in [0.1, 0.15) is 11.5 Å². The fourth-order valence-corrected chi connectivity index (χ4v) is 1.89. The third kappa shape index (κ3) is 3.28. The predicted octanol–water partition coefficient (Wildman–Crippen LogP) is 1.91. The molecular formula is C14H16N2O4. The zero-order valence-electron chi connectivity index (χ0n) is 11.3. The quantitative estimate of drug-likeness (QED) is 0.842. The lowest BCUT2D eigenvalue weighted by Crippen LogP contribution is -1.95. The van der Waals surface area contributed by atoms with Crippen LogP contribution in [0.15, 0.2) is 24.3 Å². The van der Waals surface area contributed by atoms with E-state index in [9.17, 15) is 4.79 Å². The molecule has 2 rings (SSSR count). The number of H-pyrrole nitrogens is 1. The van der Waals surface area contributed by atoms with Crippen LogP contribution in [0, 0.1) is 0 Å². The smallest absolute Gasteiger partial charge is 0.356 e. The molecule has 1 aromatic heterocycles. The molecule has 0 bridgehead atoms. The van der Waals surface area contributed by atoms with E-state index in [0.717, 1.165) is 29.2 Å². The van der Waals surface area contributed by atoms with E-state index in [1.165, 1.54) is 0 Å². The van der Waals surface area contributed by atoms with Crippen molar-refractivity contribution in [3.63, 3.8) is 0 Å². The van der Waals surface area contributed by atoms with Gasteiger partial charge in [0.05, 0.1) is 14.2 Å². The van der Waals surface area contributed by atoms with Crippen molar-refractivity contribution in [2.45, 2.75) is 12.8 Å². The first-order chi connectivity index (χ1) is 9.62. The van der Waals surface area contributed by atoms with Crippen molar-refractivity contribution in [3.05, 3.63) is 41.2 Å². The zero-order chi connectivity index (χ0) is 14.5. The zero-order valence-corrected chi connectivity index (χ0v) is 11.3. The lowest BCUT2D eigenvalue weighted by atomic mass is 10.1. The molecule has 0 fully saturated rings. The van der Waals surface area contributed by atoms with E-state index in [2.05, 4.69) is 10.2 Å². The molecule has 106 valence electrons. The maximum absolute atomic E-state index is 10.7. The molecule has 0 aliphatic heterocycles. The molecule has 1 heterocycles. The molecule has 0 spiro atoms. The number of hydrogen-bond donors (Lipinski definition) is 2. The lowest BCUT2D eigenvalue weighted by Gasteiger charge is -2.07. The third-order valence-electron chi connectivity index (χ3n) is 2.94. The van der Waals surface area contributed by atoms with Crippen LogP contribution in [-0.2, 0) is 12.8 Å². The van der Waals surface area contributed by atoms with Gasteiger partial charge in [-0.3, -0.25) is 5.10 Å². The Hall–Kier alpha value is -2.50. The number of carbonyl (C=O) groups is 1. The first-order valence-corrected chi connectivity index (χ1v) is 6.12. The number of aromatic amines is 1. The van der Waals surface area contributed by atoms with Gasteiger partial charge in [0, 0.05) is 11.8 Å². The van der Waals surface area contributed by atoms with Crippen LogP contribution in [0.5, 0.6) is 11.5 Å². The normalized spacial score (nSPS) is 10.3. The van der Waals surface area contributed by atoms with Gasteiger partial charge in [0.15, 0.2) is 5.69 Å². The Balaban J connectivity index is 2.07. The van der Waals surface area contributed by atoms with Crippen molar-refractivity contribution in [1.29, 1.82) is 0 Å². The second-order valence-corrected chi connectivity index (χ2v) is 4.30. The number of ether oxygens (including phenoxy) is 2. The molecule has 6 nitrogen and oxygen atoms in total. The van der Waals surface area contributed by atoms with Gasteiger partial charge in [0.2, 0.25) is 0 Å². The highest BCUT2D eigenvalue weighted by Crippen LogP contribution is 2.23. The highest BCUT2D eigenvalue weighted by atomic mass is 16.5. The number of carboxylic acids is 1. The number of nitrogens with one attached hydrogen (secondary N) is 1. The summed E-state index contributed by atoms with van der Waals surface area (Å²) in [5.74, 6) is 0.431. The predicted molar refractivity (Wildman–Crippen MR) is 72.5 cm³/mol. The monoisotopic (exact) mass is 276 g/mol. The van der Waals surface area contributed by atoms with E-state index >= 15 is 0 Å². The van der Waals surface area contributed by atoms with Crippen molar-refractivity contribution in [2.75, 3.05) is 14.2 Å². The van der Waals surface area contributed by atoms with E-state index in [-0.39, 0.29) is 5.69 Å². The van der Waals surface area contributed by atoms with Crippen LogP contribution in [0.25, 0.3) is 0 Å². The van der Waals surface area contributed by atoms with Crippen LogP contribution in [-0.4, -0.2) is 35.5 Å². The highest BCUT2D eigenvalue weighted by Gasteiger charge is 2.08. The standard InChI is InChI=1S/C14H16N2O4/c1-19-11-5-9(6-12(8-11)20-2)3-4-10-7-13(14(17)18)16-15-10/h5-8H,3-4H2,1-2H3,(H,15,16)(H,17,18). The summed E-state index contributed by atoms with van der Waals surface area (Å²) in [6, 6.07) is 7.20. The Bertz CT molecular complexity index is 585. The molecule has 0 unspecified atom stereocenters. The molecule has 0 aliphatic rings. The van der Waals surface area contributed by atoms with Gasteiger partial charge < -0.3 is 14.6 Å². The Morgan fingerprint density at radius 2 is 1.80 bits per heavy atom. The number of aromatic nitrogens is 2. The molecule has 0 radical (unpaired) electrons. The van der Waals surface area contributed by atoms with Crippen molar-refractivity contribution in [2.24, 2.45) is 0 Å². The Kier molecular flexibility index (Phi) is 4.24. The molecule has 1 aromatic carbocycles. The van der Waals surface area contributed by atoms with Gasteiger partial charge in [-0.1, -0.05) is 0 Å². The van der Waals surface area contributed by atoms with Gasteiger partial charge in [-0.2, -0.15) is 5.10 Å². The topological polar surface area (TPSA) is 84.4 Å². The van der Waals surface area contributed by atoms with Crippen LogP contribution in [0.4, 0.5) is 0 Å². The first-order valence-electron chi connectivity index (χ1n) is 6.12. The molecule has 6 heteroatoms. The average Bonchev–Trinajstić information content (AvgIpc) is 2.93. The lowest BCUT2D eigenvalue weighted by molar-refractivity contribution is 0.0690. The number of methoxy groups -OCH3 is 2. The van der Waals surface area contributed by atoms with Crippen LogP contribution in [0.2, 0.25) is 0 Å². The number of hydrogen-bond acceptors (Lipinski definition) is 4. The molecule has 2 aromatic rings. The number of aromatic carboxylic acids is 1. The van der Waals surface area contributed by atoms with Gasteiger partial charge in [-0.15, -0.1) is 0 Å².